The van der Waals surface area contributed by atoms with Crippen molar-refractivity contribution in [3.63, 3.8) is 0 Å². The molecule has 1 saturated heterocycles. The summed E-state index contributed by atoms with van der Waals surface area (Å²) in [5, 5.41) is 9.43. The molecular weight excluding hydrogens is 200 g/mol. The maximum absolute atomic E-state index is 9.43. The zero-order valence-corrected chi connectivity index (χ0v) is 9.63. The van der Waals surface area contributed by atoms with Crippen LogP contribution in [0.3, 0.4) is 0 Å². The smallest absolute Gasteiger partial charge is 0.128 e. The van der Waals surface area contributed by atoms with E-state index in [4.69, 9.17) is 0 Å². The minimum atomic E-state index is -0.420. The van der Waals surface area contributed by atoms with Gasteiger partial charge in [0.2, 0.25) is 0 Å². The third-order valence-corrected chi connectivity index (χ3v) is 3.96. The monoisotopic (exact) mass is 218 g/mol. The van der Waals surface area contributed by atoms with Crippen LogP contribution < -0.4 is 4.90 Å². The Hall–Kier alpha value is -1.09. The molecule has 0 amide bonds. The minimum absolute atomic E-state index is 0.420. The average Bonchev–Trinajstić information content (AvgIpc) is 2.91. The molecule has 2 fully saturated rings. The number of anilines is 1. The van der Waals surface area contributed by atoms with E-state index >= 15 is 0 Å². The van der Waals surface area contributed by atoms with E-state index in [9.17, 15) is 5.11 Å². The topological polar surface area (TPSA) is 36.4 Å². The van der Waals surface area contributed by atoms with Gasteiger partial charge in [-0.3, -0.25) is 0 Å². The molecule has 86 valence electrons. The van der Waals surface area contributed by atoms with E-state index in [1.54, 1.807) is 13.1 Å². The largest absolute Gasteiger partial charge is 0.389 e. The predicted octanol–water partition coefficient (Wildman–Crippen LogP) is 2.12. The van der Waals surface area contributed by atoms with Crippen molar-refractivity contribution in [2.45, 2.75) is 38.3 Å². The van der Waals surface area contributed by atoms with Crippen molar-refractivity contribution in [2.24, 2.45) is 5.92 Å². The number of nitrogens with zero attached hydrogens (tertiary/aromatic N) is 2. The van der Waals surface area contributed by atoms with Gasteiger partial charge in [-0.05, 0) is 43.7 Å². The Balaban J connectivity index is 1.80. The van der Waals surface area contributed by atoms with Gasteiger partial charge < -0.3 is 10.0 Å². The fourth-order valence-electron chi connectivity index (χ4n) is 3.02. The van der Waals surface area contributed by atoms with Crippen LogP contribution in [0.1, 0.15) is 37.9 Å². The maximum Gasteiger partial charge on any atom is 0.128 e. The molecule has 3 heteroatoms. The summed E-state index contributed by atoms with van der Waals surface area (Å²) < 4.78 is 0. The molecule has 0 radical (unpaired) electrons. The standard InChI is InChI=1S/C13H18N2O/c1-9(16)11-3-5-13(14-7-11)15-8-10-2-4-12(15)6-10/h3,5,7,9-10,12,16H,2,4,6,8H2,1H3/t9-,10?,12?/m0/s1. The number of pyridine rings is 1. The number of fused-ring (bicyclic) bond motifs is 2. The Morgan fingerprint density at radius 3 is 2.81 bits per heavy atom. The number of hydrogen-bond acceptors (Lipinski definition) is 3. The molecule has 16 heavy (non-hydrogen) atoms. The van der Waals surface area contributed by atoms with Crippen LogP contribution in [0.5, 0.6) is 0 Å². The summed E-state index contributed by atoms with van der Waals surface area (Å²) in [6.45, 7) is 2.94. The van der Waals surface area contributed by atoms with Crippen LogP contribution in [0.25, 0.3) is 0 Å². The molecule has 1 aromatic heterocycles. The molecule has 2 unspecified atom stereocenters. The summed E-state index contributed by atoms with van der Waals surface area (Å²) in [6, 6.07) is 4.75. The highest BCUT2D eigenvalue weighted by Gasteiger charge is 2.38. The summed E-state index contributed by atoms with van der Waals surface area (Å²) in [5.74, 6) is 1.97. The summed E-state index contributed by atoms with van der Waals surface area (Å²) >= 11 is 0. The van der Waals surface area contributed by atoms with Crippen LogP contribution in [0, 0.1) is 5.92 Å². The molecule has 0 spiro atoms. The van der Waals surface area contributed by atoms with Gasteiger partial charge in [-0.15, -0.1) is 0 Å². The molecule has 1 N–H and O–H groups in total. The van der Waals surface area contributed by atoms with Gasteiger partial charge in [-0.25, -0.2) is 4.98 Å². The SMILES string of the molecule is C[C@H](O)c1ccc(N2CC3CCC2C3)nc1. The van der Waals surface area contributed by atoms with Crippen molar-refractivity contribution in [2.75, 3.05) is 11.4 Å². The molecule has 1 aromatic rings. The highest BCUT2D eigenvalue weighted by molar-refractivity contribution is 5.43. The lowest BCUT2D eigenvalue weighted by Crippen LogP contribution is -2.32. The second-order valence-electron chi connectivity index (χ2n) is 5.11. The van der Waals surface area contributed by atoms with Gasteiger partial charge >= 0.3 is 0 Å². The first kappa shape index (κ1) is 10.1. The van der Waals surface area contributed by atoms with Gasteiger partial charge in [0.25, 0.3) is 0 Å². The molecule has 3 rings (SSSR count). The molecule has 1 aliphatic carbocycles. The lowest BCUT2D eigenvalue weighted by atomic mass is 10.1. The summed E-state index contributed by atoms with van der Waals surface area (Å²) in [5.41, 5.74) is 0.896. The van der Waals surface area contributed by atoms with E-state index in [0.717, 1.165) is 23.3 Å². The Labute approximate surface area is 96.1 Å². The molecule has 2 aliphatic rings. The van der Waals surface area contributed by atoms with Crippen molar-refractivity contribution in [3.05, 3.63) is 23.9 Å². The van der Waals surface area contributed by atoms with Gasteiger partial charge in [-0.1, -0.05) is 6.07 Å². The molecule has 1 saturated carbocycles. The number of hydrogen-bond donors (Lipinski definition) is 1. The first-order chi connectivity index (χ1) is 7.74. The van der Waals surface area contributed by atoms with E-state index < -0.39 is 6.10 Å². The van der Waals surface area contributed by atoms with Crippen LogP contribution in [-0.2, 0) is 0 Å². The quantitative estimate of drug-likeness (QED) is 0.826. The summed E-state index contributed by atoms with van der Waals surface area (Å²) in [7, 11) is 0. The highest BCUT2D eigenvalue weighted by Crippen LogP contribution is 2.39. The molecular formula is C13H18N2O. The van der Waals surface area contributed by atoms with Gasteiger partial charge in [0.1, 0.15) is 5.82 Å². The second kappa shape index (κ2) is 3.74. The van der Waals surface area contributed by atoms with Crippen LogP contribution in [0.15, 0.2) is 18.3 Å². The van der Waals surface area contributed by atoms with Gasteiger partial charge in [-0.2, -0.15) is 0 Å². The molecule has 0 aromatic carbocycles. The number of rotatable bonds is 2. The summed E-state index contributed by atoms with van der Waals surface area (Å²) in [4.78, 5) is 6.90. The molecule has 2 bridgehead atoms. The zero-order chi connectivity index (χ0) is 11.1. The van der Waals surface area contributed by atoms with E-state index in [-0.39, 0.29) is 0 Å². The van der Waals surface area contributed by atoms with Crippen LogP contribution in [-0.4, -0.2) is 22.7 Å². The highest BCUT2D eigenvalue weighted by atomic mass is 16.3. The maximum atomic E-state index is 9.43. The number of aliphatic hydroxyl groups excluding tert-OH is 1. The van der Waals surface area contributed by atoms with Crippen LogP contribution >= 0.6 is 0 Å². The first-order valence-electron chi connectivity index (χ1n) is 6.14. The zero-order valence-electron chi connectivity index (χ0n) is 9.63. The minimum Gasteiger partial charge on any atom is -0.389 e. The molecule has 2 heterocycles. The third-order valence-electron chi connectivity index (χ3n) is 3.96. The fraction of sp³-hybridized carbons (Fsp3) is 0.615. The van der Waals surface area contributed by atoms with Gasteiger partial charge in [0, 0.05) is 18.8 Å². The Kier molecular flexibility index (Phi) is 2.36. The first-order valence-corrected chi connectivity index (χ1v) is 6.14. The van der Waals surface area contributed by atoms with Crippen molar-refractivity contribution in [3.8, 4) is 0 Å². The van der Waals surface area contributed by atoms with Gasteiger partial charge in [0.05, 0.1) is 6.10 Å². The van der Waals surface area contributed by atoms with E-state index in [1.807, 2.05) is 12.1 Å². The normalized spacial score (nSPS) is 29.8. The van der Waals surface area contributed by atoms with Crippen molar-refractivity contribution in [1.82, 2.24) is 4.98 Å². The van der Waals surface area contributed by atoms with E-state index in [2.05, 4.69) is 9.88 Å². The lowest BCUT2D eigenvalue weighted by Gasteiger charge is -2.28. The fourth-order valence-corrected chi connectivity index (χ4v) is 3.02. The summed E-state index contributed by atoms with van der Waals surface area (Å²) in [6.07, 6.45) is 5.44. The lowest BCUT2D eigenvalue weighted by molar-refractivity contribution is 0.199. The average molecular weight is 218 g/mol. The molecule has 3 nitrogen and oxygen atoms in total. The molecule has 3 atom stereocenters. The molecule has 1 aliphatic heterocycles. The van der Waals surface area contributed by atoms with Gasteiger partial charge in [0.15, 0.2) is 0 Å². The number of piperidine rings is 1. The Morgan fingerprint density at radius 2 is 2.31 bits per heavy atom. The van der Waals surface area contributed by atoms with E-state index in [1.165, 1.54) is 25.8 Å². The predicted molar refractivity (Wildman–Crippen MR) is 63.3 cm³/mol. The van der Waals surface area contributed by atoms with Crippen molar-refractivity contribution in [1.29, 1.82) is 0 Å². The second-order valence-corrected chi connectivity index (χ2v) is 5.11. The number of aromatic nitrogens is 1. The van der Waals surface area contributed by atoms with Crippen molar-refractivity contribution >= 4 is 5.82 Å². The Bertz CT molecular complexity index is 374. The van der Waals surface area contributed by atoms with Crippen LogP contribution in [0.2, 0.25) is 0 Å². The Morgan fingerprint density at radius 1 is 1.44 bits per heavy atom. The third kappa shape index (κ3) is 1.59. The van der Waals surface area contributed by atoms with Crippen LogP contribution in [0.4, 0.5) is 5.82 Å². The van der Waals surface area contributed by atoms with E-state index in [0.29, 0.717) is 0 Å². The number of aliphatic hydroxyl groups is 1. The van der Waals surface area contributed by atoms with Crippen molar-refractivity contribution < 1.29 is 5.11 Å².